The molecule has 0 aliphatic carbocycles. The van der Waals surface area contributed by atoms with Crippen LogP contribution in [-0.2, 0) is 0 Å². The van der Waals surface area contributed by atoms with Crippen molar-refractivity contribution < 1.29 is 9.47 Å². The van der Waals surface area contributed by atoms with E-state index in [1.807, 2.05) is 36.4 Å². The van der Waals surface area contributed by atoms with Gasteiger partial charge in [0, 0.05) is 10.9 Å². The lowest BCUT2D eigenvalue weighted by molar-refractivity contribution is 0.277. The fourth-order valence-electron chi connectivity index (χ4n) is 2.97. The average Bonchev–Trinajstić information content (AvgIpc) is 3.36. The Kier molecular flexibility index (Phi) is 5.00. The standard InChI is InChI=1S/C21H21NO2S/c1-3-17(22-13-1)15-23-18-9-11-20(12-10-18)24-19-7-5-16(6-8-19)21-4-2-14-25-21/h2,4-12,14,17,22H,1,3,13,15H2/t17-/m1/s1. The molecular formula is C21H21NO2S. The van der Waals surface area contributed by atoms with E-state index in [0.29, 0.717) is 6.04 Å². The zero-order valence-corrected chi connectivity index (χ0v) is 14.8. The molecule has 4 rings (SSSR count). The molecule has 0 unspecified atom stereocenters. The van der Waals surface area contributed by atoms with Crippen LogP contribution in [0.2, 0.25) is 0 Å². The predicted octanol–water partition coefficient (Wildman–Crippen LogP) is 5.34. The Morgan fingerprint density at radius 3 is 2.28 bits per heavy atom. The molecule has 25 heavy (non-hydrogen) atoms. The van der Waals surface area contributed by atoms with Gasteiger partial charge in [-0.2, -0.15) is 0 Å². The molecule has 1 saturated heterocycles. The lowest BCUT2D eigenvalue weighted by Gasteiger charge is -2.12. The summed E-state index contributed by atoms with van der Waals surface area (Å²) >= 11 is 1.74. The predicted molar refractivity (Wildman–Crippen MR) is 103 cm³/mol. The first-order valence-corrected chi connectivity index (χ1v) is 9.53. The van der Waals surface area contributed by atoms with Gasteiger partial charge in [-0.15, -0.1) is 11.3 Å². The Labute approximate surface area is 152 Å². The second-order valence-electron chi connectivity index (χ2n) is 6.18. The minimum absolute atomic E-state index is 0.484. The van der Waals surface area contributed by atoms with Crippen molar-refractivity contribution in [3.8, 4) is 27.7 Å². The quantitative estimate of drug-likeness (QED) is 0.650. The van der Waals surface area contributed by atoms with Crippen LogP contribution in [0.5, 0.6) is 17.2 Å². The number of nitrogens with one attached hydrogen (secondary N) is 1. The first kappa shape index (κ1) is 16.2. The van der Waals surface area contributed by atoms with Crippen LogP contribution in [0.1, 0.15) is 12.8 Å². The largest absolute Gasteiger partial charge is 0.492 e. The Morgan fingerprint density at radius 2 is 1.64 bits per heavy atom. The molecule has 1 atom stereocenters. The van der Waals surface area contributed by atoms with Crippen LogP contribution in [0.4, 0.5) is 0 Å². The summed E-state index contributed by atoms with van der Waals surface area (Å²) in [6, 6.07) is 20.7. The van der Waals surface area contributed by atoms with Gasteiger partial charge in [-0.1, -0.05) is 6.07 Å². The lowest BCUT2D eigenvalue weighted by Crippen LogP contribution is -2.28. The third-order valence-electron chi connectivity index (χ3n) is 4.33. The Hall–Kier alpha value is -2.30. The summed E-state index contributed by atoms with van der Waals surface area (Å²) in [6.07, 6.45) is 2.44. The van der Waals surface area contributed by atoms with Gasteiger partial charge in [0.15, 0.2) is 0 Å². The summed E-state index contributed by atoms with van der Waals surface area (Å²) in [7, 11) is 0. The smallest absolute Gasteiger partial charge is 0.127 e. The van der Waals surface area contributed by atoms with Crippen LogP contribution in [0.25, 0.3) is 10.4 Å². The van der Waals surface area contributed by atoms with E-state index in [9.17, 15) is 0 Å². The van der Waals surface area contributed by atoms with Gasteiger partial charge in [-0.05, 0) is 84.9 Å². The number of hydrogen-bond acceptors (Lipinski definition) is 4. The maximum atomic E-state index is 5.92. The highest BCUT2D eigenvalue weighted by Crippen LogP contribution is 2.29. The highest BCUT2D eigenvalue weighted by atomic mass is 32.1. The van der Waals surface area contributed by atoms with Crippen molar-refractivity contribution in [1.82, 2.24) is 5.32 Å². The van der Waals surface area contributed by atoms with E-state index < -0.39 is 0 Å². The third-order valence-corrected chi connectivity index (χ3v) is 5.25. The number of hydrogen-bond donors (Lipinski definition) is 1. The number of thiophene rings is 1. The van der Waals surface area contributed by atoms with E-state index in [2.05, 4.69) is 35.0 Å². The van der Waals surface area contributed by atoms with Gasteiger partial charge < -0.3 is 14.8 Å². The summed E-state index contributed by atoms with van der Waals surface area (Å²) in [4.78, 5) is 1.27. The highest BCUT2D eigenvalue weighted by Gasteiger charge is 2.14. The summed E-state index contributed by atoms with van der Waals surface area (Å²) < 4.78 is 11.8. The fraction of sp³-hybridized carbons (Fsp3) is 0.238. The minimum Gasteiger partial charge on any atom is -0.492 e. The first-order valence-electron chi connectivity index (χ1n) is 8.65. The molecule has 1 aliphatic rings. The van der Waals surface area contributed by atoms with Crippen LogP contribution in [-0.4, -0.2) is 19.2 Å². The van der Waals surface area contributed by atoms with Crippen molar-refractivity contribution in [2.75, 3.05) is 13.2 Å². The first-order chi connectivity index (χ1) is 12.4. The molecule has 1 N–H and O–H groups in total. The van der Waals surface area contributed by atoms with Crippen molar-refractivity contribution in [3.63, 3.8) is 0 Å². The van der Waals surface area contributed by atoms with E-state index in [-0.39, 0.29) is 0 Å². The Morgan fingerprint density at radius 1 is 0.920 bits per heavy atom. The zero-order valence-electron chi connectivity index (χ0n) is 14.0. The maximum absolute atomic E-state index is 5.92. The van der Waals surface area contributed by atoms with E-state index in [0.717, 1.165) is 30.4 Å². The molecular weight excluding hydrogens is 330 g/mol. The van der Waals surface area contributed by atoms with Gasteiger partial charge in [0.05, 0.1) is 0 Å². The second kappa shape index (κ2) is 7.72. The summed E-state index contributed by atoms with van der Waals surface area (Å²) in [6.45, 7) is 1.83. The highest BCUT2D eigenvalue weighted by molar-refractivity contribution is 7.13. The average molecular weight is 351 g/mol. The van der Waals surface area contributed by atoms with Crippen molar-refractivity contribution in [1.29, 1.82) is 0 Å². The van der Waals surface area contributed by atoms with Crippen molar-refractivity contribution >= 4 is 11.3 Å². The zero-order chi connectivity index (χ0) is 16.9. The molecule has 3 aromatic rings. The van der Waals surface area contributed by atoms with E-state index in [4.69, 9.17) is 9.47 Å². The van der Waals surface area contributed by atoms with E-state index >= 15 is 0 Å². The molecule has 0 spiro atoms. The van der Waals surface area contributed by atoms with Crippen molar-refractivity contribution in [2.24, 2.45) is 0 Å². The molecule has 1 fully saturated rings. The maximum Gasteiger partial charge on any atom is 0.127 e. The monoisotopic (exact) mass is 351 g/mol. The summed E-state index contributed by atoms with van der Waals surface area (Å²) in [5.41, 5.74) is 1.21. The van der Waals surface area contributed by atoms with E-state index in [1.54, 1.807) is 11.3 Å². The van der Waals surface area contributed by atoms with Gasteiger partial charge >= 0.3 is 0 Å². The molecule has 128 valence electrons. The van der Waals surface area contributed by atoms with Crippen LogP contribution < -0.4 is 14.8 Å². The normalized spacial score (nSPS) is 16.7. The molecule has 1 aliphatic heterocycles. The summed E-state index contributed by atoms with van der Waals surface area (Å²) in [5, 5.41) is 5.53. The van der Waals surface area contributed by atoms with Gasteiger partial charge in [-0.3, -0.25) is 0 Å². The SMILES string of the molecule is c1csc(-c2ccc(Oc3ccc(OC[C@H]4CCCN4)cc3)cc2)c1. The molecule has 2 heterocycles. The topological polar surface area (TPSA) is 30.5 Å². The molecule has 0 saturated carbocycles. The van der Waals surface area contributed by atoms with Gasteiger partial charge in [0.2, 0.25) is 0 Å². The van der Waals surface area contributed by atoms with Crippen molar-refractivity contribution in [3.05, 3.63) is 66.0 Å². The van der Waals surface area contributed by atoms with Gasteiger partial charge in [0.25, 0.3) is 0 Å². The number of rotatable bonds is 6. The molecule has 0 bridgehead atoms. The van der Waals surface area contributed by atoms with Gasteiger partial charge in [-0.25, -0.2) is 0 Å². The molecule has 4 heteroatoms. The lowest BCUT2D eigenvalue weighted by atomic mass is 10.2. The molecule has 1 aromatic heterocycles. The molecule has 0 radical (unpaired) electrons. The molecule has 2 aromatic carbocycles. The van der Waals surface area contributed by atoms with Crippen LogP contribution in [0, 0.1) is 0 Å². The summed E-state index contributed by atoms with van der Waals surface area (Å²) in [5.74, 6) is 2.54. The second-order valence-corrected chi connectivity index (χ2v) is 7.13. The van der Waals surface area contributed by atoms with Crippen LogP contribution >= 0.6 is 11.3 Å². The Balaban J connectivity index is 1.34. The molecule has 0 amide bonds. The van der Waals surface area contributed by atoms with Crippen LogP contribution in [0.15, 0.2) is 66.0 Å². The Bertz CT molecular complexity index is 776. The van der Waals surface area contributed by atoms with E-state index in [1.165, 1.54) is 23.3 Å². The minimum atomic E-state index is 0.484. The van der Waals surface area contributed by atoms with Crippen LogP contribution in [0.3, 0.4) is 0 Å². The number of benzene rings is 2. The van der Waals surface area contributed by atoms with Crippen molar-refractivity contribution in [2.45, 2.75) is 18.9 Å². The molecule has 3 nitrogen and oxygen atoms in total. The number of ether oxygens (including phenoxy) is 2. The third kappa shape index (κ3) is 4.21. The van der Waals surface area contributed by atoms with Gasteiger partial charge in [0.1, 0.15) is 23.9 Å². The fourth-order valence-corrected chi connectivity index (χ4v) is 3.70.